The molecule has 2 aliphatic heterocycles. The van der Waals surface area contributed by atoms with Gasteiger partial charge in [-0.05, 0) is 76.9 Å². The lowest BCUT2D eigenvalue weighted by Crippen LogP contribution is -2.38. The van der Waals surface area contributed by atoms with Crippen LogP contribution in [-0.2, 0) is 18.9 Å². The van der Waals surface area contributed by atoms with Gasteiger partial charge in [-0.25, -0.2) is 60.8 Å². The monoisotopic (exact) mass is 1100 g/mol. The first-order valence-electron chi connectivity index (χ1n) is 23.1. The molecule has 11 N–H and O–H groups in total. The lowest BCUT2D eigenvalue weighted by Gasteiger charge is -2.25. The van der Waals surface area contributed by atoms with E-state index in [0.29, 0.717) is 38.2 Å². The van der Waals surface area contributed by atoms with Crippen molar-refractivity contribution >= 4 is 69.4 Å². The standard InChI is InChI=1S/C22H27ClN6O6.C17H19ClN6O4.C6H14N2O2.C2H3N/c1-22(2,3)35-21(33)28(4)27-18-13-19(25-9-24-18)29(10-26-13)20-16(32)15(31)17(34-20)14(30)11-5-7-12(23)8-6-11;1-19-23-15-10-16(21-6-20-15)24(7-22-10)17-13(27)12(26)14(28-17)11(25)8-2-4-9(18)5-3-8;1-6(2,3)10-5(9)8(4)7;1-2-3/h5-10,14-17,20,30-32H,1-4H3,(H,24,25,27);2-7,11-14,17,19,25-27H,1H3,(H,20,21,23);7H2,1-4H3;1H3/t14-,15+,16-,17-,20-;11-,12+,13-,14-,17-;;/m11../s1. The second-order valence-corrected chi connectivity index (χ2v) is 19.7. The molecular formula is C47H63Cl2N15O12. The van der Waals surface area contributed by atoms with Gasteiger partial charge < -0.3 is 55.0 Å². The van der Waals surface area contributed by atoms with E-state index in [2.05, 4.69) is 46.2 Å². The molecular weight excluding hydrogens is 1040 g/mol. The first-order valence-corrected chi connectivity index (χ1v) is 23.9. The van der Waals surface area contributed by atoms with E-state index in [9.17, 15) is 40.2 Å². The van der Waals surface area contributed by atoms with Crippen molar-refractivity contribution in [3.8, 4) is 6.07 Å². The number of carbonyl (C=O) groups is 2. The van der Waals surface area contributed by atoms with Crippen molar-refractivity contribution in [3.63, 3.8) is 0 Å². The van der Waals surface area contributed by atoms with E-state index >= 15 is 0 Å². The van der Waals surface area contributed by atoms with Crippen LogP contribution in [0.4, 0.5) is 21.2 Å². The van der Waals surface area contributed by atoms with Gasteiger partial charge in [0.1, 0.15) is 72.7 Å². The van der Waals surface area contributed by atoms with Crippen LogP contribution >= 0.6 is 23.2 Å². The van der Waals surface area contributed by atoms with Gasteiger partial charge in [-0.15, -0.1) is 0 Å². The first-order chi connectivity index (χ1) is 35.7. The molecule has 2 fully saturated rings. The summed E-state index contributed by atoms with van der Waals surface area (Å²) in [6, 6.07) is 14.7. The summed E-state index contributed by atoms with van der Waals surface area (Å²) in [4.78, 5) is 48.2. The number of hydrogen-bond acceptors (Lipinski definition) is 23. The Morgan fingerprint density at radius 2 is 1.08 bits per heavy atom. The van der Waals surface area contributed by atoms with Crippen LogP contribution in [0.5, 0.6) is 0 Å². The number of hydrogen-bond donors (Lipinski definition) is 10. The molecule has 0 aliphatic carbocycles. The summed E-state index contributed by atoms with van der Waals surface area (Å²) < 4.78 is 24.8. The molecule has 0 radical (unpaired) electrons. The molecule has 0 bridgehead atoms. The Kier molecular flexibility index (Phi) is 20.5. The third-order valence-electron chi connectivity index (χ3n) is 10.7. The number of amides is 2. The van der Waals surface area contributed by atoms with Gasteiger partial charge in [0.05, 0.1) is 18.7 Å². The Labute approximate surface area is 446 Å². The average Bonchev–Trinajstić information content (AvgIpc) is 4.13. The number of carbonyl (C=O) groups excluding carboxylic acids is 2. The number of fused-ring (bicyclic) bond motifs is 2. The zero-order valence-electron chi connectivity index (χ0n) is 43.1. The normalized spacial score (nSPS) is 21.8. The zero-order valence-corrected chi connectivity index (χ0v) is 44.6. The lowest BCUT2D eigenvalue weighted by atomic mass is 9.99. The molecule has 412 valence electrons. The maximum Gasteiger partial charge on any atom is 0.428 e. The van der Waals surface area contributed by atoms with Gasteiger partial charge in [0, 0.05) is 38.1 Å². The van der Waals surface area contributed by atoms with Crippen molar-refractivity contribution in [1.29, 1.82) is 5.26 Å². The predicted octanol–water partition coefficient (Wildman–Crippen LogP) is 3.66. The number of nitrogens with zero attached hydrogens (tertiary/aromatic N) is 11. The van der Waals surface area contributed by atoms with Gasteiger partial charge in [0.25, 0.3) is 0 Å². The molecule has 10 atom stereocenters. The van der Waals surface area contributed by atoms with Crippen LogP contribution in [0.25, 0.3) is 22.3 Å². The summed E-state index contributed by atoms with van der Waals surface area (Å²) in [5.74, 6) is 5.77. The number of aliphatic hydroxyl groups excluding tert-OH is 6. The second kappa shape index (κ2) is 25.9. The fraction of sp³-hybridized carbons (Fsp3) is 0.468. The van der Waals surface area contributed by atoms with Crippen molar-refractivity contribution in [2.75, 3.05) is 32.0 Å². The Bertz CT molecular complexity index is 2900. The minimum atomic E-state index is -1.39. The molecule has 0 spiro atoms. The van der Waals surface area contributed by atoms with Gasteiger partial charge in [0.15, 0.2) is 46.4 Å². The summed E-state index contributed by atoms with van der Waals surface area (Å²) in [7, 11) is 4.60. The predicted molar refractivity (Wildman–Crippen MR) is 275 cm³/mol. The zero-order chi connectivity index (χ0) is 56.4. The fourth-order valence-electron chi connectivity index (χ4n) is 7.29. The number of aromatic nitrogens is 8. The van der Waals surface area contributed by atoms with Gasteiger partial charge in [0.2, 0.25) is 0 Å². The molecule has 2 aliphatic rings. The summed E-state index contributed by atoms with van der Waals surface area (Å²) in [6.45, 7) is 12.0. The Morgan fingerprint density at radius 1 is 0.697 bits per heavy atom. The van der Waals surface area contributed by atoms with Crippen LogP contribution in [0, 0.1) is 11.3 Å². The highest BCUT2D eigenvalue weighted by Crippen LogP contribution is 2.39. The Hall–Kier alpha value is -6.65. The number of ether oxygens (including phenoxy) is 4. The maximum absolute atomic E-state index is 12.3. The van der Waals surface area contributed by atoms with Gasteiger partial charge in [-0.2, -0.15) is 5.26 Å². The van der Waals surface area contributed by atoms with Crippen LogP contribution in [0.2, 0.25) is 10.0 Å². The highest BCUT2D eigenvalue weighted by molar-refractivity contribution is 6.30. The summed E-state index contributed by atoms with van der Waals surface area (Å²) in [5.41, 5.74) is 9.69. The number of halogens is 2. The average molecular weight is 1100 g/mol. The molecule has 0 saturated carbocycles. The number of hydrazine groups is 3. The number of anilines is 2. The van der Waals surface area contributed by atoms with E-state index in [4.69, 9.17) is 53.3 Å². The van der Waals surface area contributed by atoms with Crippen LogP contribution in [0.15, 0.2) is 73.8 Å². The van der Waals surface area contributed by atoms with Gasteiger partial charge in [-0.1, -0.05) is 47.5 Å². The molecule has 6 aromatic rings. The second-order valence-electron chi connectivity index (χ2n) is 18.9. The molecule has 2 aromatic carbocycles. The topological polar surface area (TPSA) is 372 Å². The number of rotatable bonds is 10. The van der Waals surface area contributed by atoms with Crippen LogP contribution in [0.3, 0.4) is 0 Å². The summed E-state index contributed by atoms with van der Waals surface area (Å²) in [6.07, 6.45) is -7.72. The Balaban J connectivity index is 0.000000232. The molecule has 29 heteroatoms. The third kappa shape index (κ3) is 15.1. The molecule has 4 aromatic heterocycles. The number of nitriles is 1. The SMILES string of the molecule is CC#N.CN(N)C(=O)OC(C)(C)C.CN(Nc1ncnc2c1ncn2[C@@H]1O[C@H]([C@H](O)c2ccc(Cl)cc2)[C@@H](O)[C@H]1O)C(=O)OC(C)(C)C.CNNc1ncnc2c1ncn2[C@@H]1O[C@H]([C@H](O)c2ccc(Cl)cc2)[C@@H](O)[C@H]1O. The smallest absolute Gasteiger partial charge is 0.428 e. The summed E-state index contributed by atoms with van der Waals surface area (Å²) in [5, 5.41) is 74.1. The van der Waals surface area contributed by atoms with Crippen LogP contribution in [0.1, 0.15) is 84.3 Å². The van der Waals surface area contributed by atoms with Crippen LogP contribution < -0.4 is 22.1 Å². The van der Waals surface area contributed by atoms with Crippen LogP contribution in [-0.4, -0.2) is 161 Å². The van der Waals surface area contributed by atoms with E-state index < -0.39 is 84.7 Å². The fourth-order valence-corrected chi connectivity index (χ4v) is 7.54. The first kappa shape index (κ1) is 60.2. The number of benzene rings is 2. The third-order valence-corrected chi connectivity index (χ3v) is 11.2. The maximum atomic E-state index is 12.3. The quantitative estimate of drug-likeness (QED) is 0.0531. The van der Waals surface area contributed by atoms with E-state index in [1.54, 1.807) is 103 Å². The molecule has 0 unspecified atom stereocenters. The molecule has 2 saturated heterocycles. The van der Waals surface area contributed by atoms with E-state index in [0.717, 1.165) is 10.0 Å². The number of imidazole rings is 2. The van der Waals surface area contributed by atoms with Gasteiger partial charge >= 0.3 is 12.2 Å². The minimum absolute atomic E-state index is 0.216. The molecule has 27 nitrogen and oxygen atoms in total. The molecule has 6 heterocycles. The van der Waals surface area contributed by atoms with E-state index in [-0.39, 0.29) is 17.0 Å². The highest BCUT2D eigenvalue weighted by Gasteiger charge is 2.49. The Morgan fingerprint density at radius 3 is 1.45 bits per heavy atom. The van der Waals surface area contributed by atoms with Crippen molar-refractivity contribution in [1.82, 2.24) is 54.5 Å². The highest BCUT2D eigenvalue weighted by atomic mass is 35.5. The van der Waals surface area contributed by atoms with E-state index in [1.807, 2.05) is 0 Å². The number of nitrogens with two attached hydrogens (primary N) is 1. The van der Waals surface area contributed by atoms with Gasteiger partial charge in [-0.3, -0.25) is 14.6 Å². The molecule has 2 amide bonds. The van der Waals surface area contributed by atoms with Crippen molar-refractivity contribution < 1.29 is 59.2 Å². The van der Waals surface area contributed by atoms with Crippen molar-refractivity contribution in [2.24, 2.45) is 5.84 Å². The van der Waals surface area contributed by atoms with E-state index in [1.165, 1.54) is 55.5 Å². The van der Waals surface area contributed by atoms with Crippen molar-refractivity contribution in [3.05, 3.63) is 95.0 Å². The minimum Gasteiger partial charge on any atom is -0.443 e. The largest absolute Gasteiger partial charge is 0.443 e. The lowest BCUT2D eigenvalue weighted by molar-refractivity contribution is -0.0849. The van der Waals surface area contributed by atoms with Crippen molar-refractivity contribution in [2.45, 2.75) is 121 Å². The molecule has 76 heavy (non-hydrogen) atoms. The summed E-state index contributed by atoms with van der Waals surface area (Å²) >= 11 is 11.8. The number of nitrogens with one attached hydrogen (secondary N) is 3. The molecule has 8 rings (SSSR count). The number of aliphatic hydroxyl groups is 6.